The molecule has 14 heteroatoms. The summed E-state index contributed by atoms with van der Waals surface area (Å²) in [6.45, 7) is -0.473. The minimum atomic E-state index is -4.61. The Morgan fingerprint density at radius 1 is 0.648 bits per heavy atom. The van der Waals surface area contributed by atoms with Gasteiger partial charge in [0, 0.05) is 19.3 Å². The van der Waals surface area contributed by atoms with E-state index in [4.69, 9.17) is 4.74 Å². The first-order valence-electron chi connectivity index (χ1n) is 17.2. The molecule has 0 saturated heterocycles. The number of nitrogens with one attached hydrogen (secondary N) is 4. The summed E-state index contributed by atoms with van der Waals surface area (Å²) in [4.78, 5) is 67.3. The van der Waals surface area contributed by atoms with Gasteiger partial charge in [0.05, 0.1) is 5.56 Å². The Bertz CT molecular complexity index is 1910. The van der Waals surface area contributed by atoms with Crippen LogP contribution in [0.4, 0.5) is 13.2 Å². The van der Waals surface area contributed by atoms with Gasteiger partial charge in [-0.1, -0.05) is 84.9 Å². The molecule has 2 bridgehead atoms. The van der Waals surface area contributed by atoms with Crippen molar-refractivity contribution >= 4 is 29.6 Å². The Balaban J connectivity index is 1.50. The fourth-order valence-corrected chi connectivity index (χ4v) is 5.92. The molecule has 0 fully saturated rings. The summed E-state index contributed by atoms with van der Waals surface area (Å²) in [7, 11) is 0. The summed E-state index contributed by atoms with van der Waals surface area (Å²) in [6.07, 6.45) is -4.60. The van der Waals surface area contributed by atoms with Crippen molar-refractivity contribution in [2.24, 2.45) is 0 Å². The van der Waals surface area contributed by atoms with Crippen LogP contribution in [0.5, 0.6) is 5.75 Å². The molecule has 2 aliphatic heterocycles. The quantitative estimate of drug-likeness (QED) is 0.172. The Morgan fingerprint density at radius 2 is 1.17 bits per heavy atom. The highest BCUT2D eigenvalue weighted by atomic mass is 19.4. The largest absolute Gasteiger partial charge is 0.484 e. The van der Waals surface area contributed by atoms with Crippen LogP contribution in [0, 0.1) is 0 Å². The van der Waals surface area contributed by atoms with Gasteiger partial charge in [0.15, 0.2) is 6.61 Å². The van der Waals surface area contributed by atoms with Gasteiger partial charge in [-0.05, 0) is 59.4 Å². The lowest BCUT2D eigenvalue weighted by Gasteiger charge is -2.26. The number of ether oxygens (including phenoxy) is 1. The van der Waals surface area contributed by atoms with E-state index >= 15 is 0 Å². The Labute approximate surface area is 309 Å². The standard InChI is InChI=1S/C40H39F3N4O7/c41-40(42,43)29-16-11-27(12-17-29)22-33-37(50)46-32(21-26-9-5-2-6-10-26)38(51)47-34(39(52)53)23-28-13-18-30(19-14-28)54-24-35(48)44-31(36(49)45-33)20-15-25-7-3-1-4-8-25/h1-14,16-19,31-34H,15,20-24H2,(H,44,48)(H,45,49)(H,46,50)(H,47,51)(H,52,53)/t31-,32-,33+,34?/m1/s1. The van der Waals surface area contributed by atoms with Gasteiger partial charge in [-0.15, -0.1) is 0 Å². The molecule has 4 amide bonds. The number of hydrogen-bond donors (Lipinski definition) is 5. The third kappa shape index (κ3) is 11.4. The monoisotopic (exact) mass is 744 g/mol. The zero-order chi connectivity index (χ0) is 38.7. The number of aliphatic carboxylic acids is 1. The molecule has 54 heavy (non-hydrogen) atoms. The second-order valence-corrected chi connectivity index (χ2v) is 12.9. The fourth-order valence-electron chi connectivity index (χ4n) is 5.92. The zero-order valence-corrected chi connectivity index (χ0v) is 29.0. The van der Waals surface area contributed by atoms with Crippen LogP contribution in [-0.4, -0.2) is 65.5 Å². The van der Waals surface area contributed by atoms with Gasteiger partial charge in [-0.2, -0.15) is 13.2 Å². The number of carbonyl (C=O) groups is 5. The second-order valence-electron chi connectivity index (χ2n) is 12.9. The maximum atomic E-state index is 14.1. The molecule has 282 valence electrons. The average Bonchev–Trinajstić information content (AvgIpc) is 3.15. The molecule has 2 aliphatic rings. The van der Waals surface area contributed by atoms with Crippen molar-refractivity contribution in [3.8, 4) is 5.75 Å². The number of alkyl halides is 3. The molecular weight excluding hydrogens is 705 g/mol. The van der Waals surface area contributed by atoms with E-state index in [1.807, 2.05) is 30.3 Å². The number of fused-ring (bicyclic) bond motifs is 16. The molecule has 11 nitrogen and oxygen atoms in total. The number of carboxylic acids is 1. The predicted octanol–water partition coefficient (Wildman–Crippen LogP) is 3.78. The second kappa shape index (κ2) is 18.0. The molecule has 4 aromatic rings. The maximum absolute atomic E-state index is 14.1. The summed E-state index contributed by atoms with van der Waals surface area (Å²) in [6, 6.07) is 22.8. The molecule has 0 aliphatic carbocycles. The number of amides is 4. The van der Waals surface area contributed by atoms with Gasteiger partial charge in [0.2, 0.25) is 17.7 Å². The molecule has 0 spiro atoms. The number of carbonyl (C=O) groups excluding carboxylic acids is 4. The van der Waals surface area contributed by atoms with E-state index in [-0.39, 0.29) is 31.2 Å². The Kier molecular flexibility index (Phi) is 13.0. The van der Waals surface area contributed by atoms with Crippen molar-refractivity contribution in [2.75, 3.05) is 6.61 Å². The minimum Gasteiger partial charge on any atom is -0.484 e. The van der Waals surface area contributed by atoms with Crippen LogP contribution in [0.1, 0.15) is 34.2 Å². The smallest absolute Gasteiger partial charge is 0.416 e. The number of aryl methyl sites for hydroxylation is 1. The highest BCUT2D eigenvalue weighted by Crippen LogP contribution is 2.29. The third-order valence-electron chi connectivity index (χ3n) is 8.83. The highest BCUT2D eigenvalue weighted by molar-refractivity contribution is 5.95. The minimum absolute atomic E-state index is 0.0620. The first kappa shape index (κ1) is 39.0. The molecular formula is C40H39F3N4O7. The van der Waals surface area contributed by atoms with Crippen molar-refractivity contribution in [1.29, 1.82) is 0 Å². The predicted molar refractivity (Wildman–Crippen MR) is 191 cm³/mol. The molecule has 5 N–H and O–H groups in total. The van der Waals surface area contributed by atoms with E-state index in [0.29, 0.717) is 23.3 Å². The number of rotatable bonds is 8. The molecule has 0 saturated carbocycles. The Hall–Kier alpha value is -6.18. The maximum Gasteiger partial charge on any atom is 0.416 e. The molecule has 2 heterocycles. The number of benzene rings is 4. The van der Waals surface area contributed by atoms with Crippen LogP contribution in [0.15, 0.2) is 109 Å². The SMILES string of the molecule is O=C1COc2ccc(cc2)CC(C(=O)O)NC(=O)[C@@H](Cc2ccccc2)NC(=O)[C@H](Cc2ccc(C(F)(F)F)cc2)NC(=O)[C@@H](CCc2ccccc2)N1. The fraction of sp³-hybridized carbons (Fsp3) is 0.275. The normalized spacial score (nSPS) is 20.2. The summed E-state index contributed by atoms with van der Waals surface area (Å²) < 4.78 is 45.6. The lowest BCUT2D eigenvalue weighted by atomic mass is 10.00. The van der Waals surface area contributed by atoms with Gasteiger partial charge < -0.3 is 31.1 Å². The topological polar surface area (TPSA) is 163 Å². The number of hydrogen-bond acceptors (Lipinski definition) is 6. The van der Waals surface area contributed by atoms with Gasteiger partial charge in [0.25, 0.3) is 5.91 Å². The van der Waals surface area contributed by atoms with E-state index < -0.39 is 72.1 Å². The van der Waals surface area contributed by atoms with E-state index in [9.17, 15) is 42.3 Å². The van der Waals surface area contributed by atoms with E-state index in [1.165, 1.54) is 12.1 Å². The van der Waals surface area contributed by atoms with Crippen molar-refractivity contribution in [3.05, 3.63) is 137 Å². The zero-order valence-electron chi connectivity index (χ0n) is 29.0. The molecule has 6 rings (SSSR count). The van der Waals surface area contributed by atoms with Gasteiger partial charge in [-0.25, -0.2) is 4.79 Å². The first-order valence-corrected chi connectivity index (χ1v) is 17.2. The summed E-state index contributed by atoms with van der Waals surface area (Å²) in [5.41, 5.74) is 1.40. The first-order chi connectivity index (χ1) is 25.8. The summed E-state index contributed by atoms with van der Waals surface area (Å²) in [5.74, 6) is -4.12. The van der Waals surface area contributed by atoms with Crippen molar-refractivity contribution in [3.63, 3.8) is 0 Å². The average molecular weight is 745 g/mol. The van der Waals surface area contributed by atoms with Crippen LogP contribution >= 0.6 is 0 Å². The van der Waals surface area contributed by atoms with Crippen LogP contribution in [0.25, 0.3) is 0 Å². The van der Waals surface area contributed by atoms with Crippen LogP contribution in [-0.2, 0) is 55.8 Å². The molecule has 1 unspecified atom stereocenters. The third-order valence-corrected chi connectivity index (χ3v) is 8.83. The van der Waals surface area contributed by atoms with Crippen molar-refractivity contribution in [1.82, 2.24) is 21.3 Å². The van der Waals surface area contributed by atoms with Gasteiger partial charge in [-0.3, -0.25) is 19.2 Å². The Morgan fingerprint density at radius 3 is 1.72 bits per heavy atom. The molecule has 0 aromatic heterocycles. The number of carboxylic acid groups (broad SMARTS) is 1. The lowest BCUT2D eigenvalue weighted by molar-refractivity contribution is -0.142. The summed E-state index contributed by atoms with van der Waals surface area (Å²) in [5, 5.41) is 20.5. The van der Waals surface area contributed by atoms with Crippen LogP contribution in [0.2, 0.25) is 0 Å². The van der Waals surface area contributed by atoms with E-state index in [1.54, 1.807) is 54.6 Å². The molecule has 0 radical (unpaired) electrons. The molecule has 4 atom stereocenters. The van der Waals surface area contributed by atoms with Gasteiger partial charge >= 0.3 is 12.1 Å². The number of halogens is 3. The van der Waals surface area contributed by atoms with Crippen molar-refractivity contribution < 1.29 is 47.0 Å². The van der Waals surface area contributed by atoms with Crippen LogP contribution < -0.4 is 26.0 Å². The van der Waals surface area contributed by atoms with Crippen molar-refractivity contribution in [2.45, 2.75) is 62.4 Å². The van der Waals surface area contributed by atoms with E-state index in [2.05, 4.69) is 21.3 Å². The van der Waals surface area contributed by atoms with Crippen LogP contribution in [0.3, 0.4) is 0 Å². The lowest BCUT2D eigenvalue weighted by Crippen LogP contribution is -2.59. The highest BCUT2D eigenvalue weighted by Gasteiger charge is 2.33. The molecule has 4 aromatic carbocycles. The van der Waals surface area contributed by atoms with Gasteiger partial charge in [0.1, 0.15) is 29.9 Å². The van der Waals surface area contributed by atoms with E-state index in [0.717, 1.165) is 17.7 Å². The summed E-state index contributed by atoms with van der Waals surface area (Å²) >= 11 is 0.